The van der Waals surface area contributed by atoms with Crippen LogP contribution in [0, 0.1) is 0 Å². The predicted molar refractivity (Wildman–Crippen MR) is 477 cm³/mol. The molecule has 114 heavy (non-hydrogen) atoms. The molecule has 0 atom stereocenters. The third-order valence-corrected chi connectivity index (χ3v) is 25.1. The lowest BCUT2D eigenvalue weighted by atomic mass is 9.81. The minimum absolute atomic E-state index is 0.0904. The number of fused-ring (bicyclic) bond motifs is 19. The van der Waals surface area contributed by atoms with Crippen LogP contribution in [0.4, 0.5) is 34.5 Å². The van der Waals surface area contributed by atoms with Gasteiger partial charge < -0.3 is 17.7 Å². The van der Waals surface area contributed by atoms with Gasteiger partial charge in [0.15, 0.2) is 0 Å². The second kappa shape index (κ2) is 24.5. The molecule has 22 rings (SSSR count). The fourth-order valence-corrected chi connectivity index (χ4v) is 19.1. The van der Waals surface area contributed by atoms with Gasteiger partial charge in [0, 0.05) is 76.4 Å². The summed E-state index contributed by atoms with van der Waals surface area (Å²) in [6.45, 7) is 23.2. The van der Waals surface area contributed by atoms with E-state index in [1.807, 2.05) is 24.3 Å². The molecule has 0 radical (unpaired) electrons. The lowest BCUT2D eigenvalue weighted by Crippen LogP contribution is -2.17. The van der Waals surface area contributed by atoms with Gasteiger partial charge in [0.05, 0.1) is 22.5 Å². The average molecular weight is 1470 g/mol. The largest absolute Gasteiger partial charge is 0.456 e. The van der Waals surface area contributed by atoms with Gasteiger partial charge in [0.25, 0.3) is 0 Å². The van der Waals surface area contributed by atoms with Crippen LogP contribution >= 0.6 is 0 Å². The number of rotatable bonds is 10. The molecule has 0 saturated carbocycles. The van der Waals surface area contributed by atoms with Gasteiger partial charge in [-0.05, 0) is 207 Å². The van der Waals surface area contributed by atoms with Crippen molar-refractivity contribution in [1.29, 1.82) is 0 Å². The highest BCUT2D eigenvalue weighted by Gasteiger charge is 2.41. The van der Waals surface area contributed by atoms with Crippen molar-refractivity contribution in [3.8, 4) is 67.2 Å². The summed E-state index contributed by atoms with van der Waals surface area (Å²) < 4.78 is 29.2. The first kappa shape index (κ1) is 67.5. The Morgan fingerprint density at radius 3 is 1.02 bits per heavy atom. The van der Waals surface area contributed by atoms with E-state index in [0.717, 1.165) is 155 Å². The third kappa shape index (κ3) is 10.3. The van der Waals surface area contributed by atoms with Crippen molar-refractivity contribution < 1.29 is 17.7 Å². The molecule has 0 amide bonds. The number of hydrogen-bond acceptors (Lipinski definition) is 6. The van der Waals surface area contributed by atoms with Crippen molar-refractivity contribution in [1.82, 2.24) is 0 Å². The maximum Gasteiger partial charge on any atom is 0.213 e. The van der Waals surface area contributed by atoms with E-state index >= 15 is 0 Å². The van der Waals surface area contributed by atoms with Crippen LogP contribution < -0.4 is 9.80 Å². The van der Waals surface area contributed by atoms with Gasteiger partial charge in [-0.25, -0.2) is 0 Å². The highest BCUT2D eigenvalue weighted by Crippen LogP contribution is 2.60. The number of para-hydroxylation sites is 2. The van der Waals surface area contributed by atoms with Crippen molar-refractivity contribution >= 4 is 132 Å². The molecule has 0 N–H and O–H groups in total. The second-order valence-corrected chi connectivity index (χ2v) is 34.7. The molecule has 0 spiro atoms. The molecule has 548 valence electrons. The predicted octanol–water partition coefficient (Wildman–Crippen LogP) is 31.3. The van der Waals surface area contributed by atoms with Gasteiger partial charge in [0.1, 0.15) is 33.9 Å². The molecular formula is C108H82N2O4. The van der Waals surface area contributed by atoms with E-state index in [-0.39, 0.29) is 21.7 Å². The summed E-state index contributed by atoms with van der Waals surface area (Å²) in [6, 6.07) is 116. The Balaban J connectivity index is 0.810. The molecule has 0 fully saturated rings. The number of benzene rings is 16. The molecule has 2 aliphatic rings. The zero-order valence-electron chi connectivity index (χ0n) is 65.5. The molecule has 0 bridgehead atoms. The summed E-state index contributed by atoms with van der Waals surface area (Å²) in [5, 5.41) is 15.0. The summed E-state index contributed by atoms with van der Waals surface area (Å²) in [7, 11) is 0. The van der Waals surface area contributed by atoms with Crippen molar-refractivity contribution in [3.05, 3.63) is 349 Å². The molecule has 0 unspecified atom stereocenters. The van der Waals surface area contributed by atoms with Gasteiger partial charge in [-0.1, -0.05) is 288 Å². The standard InChI is InChI=1S/C108H82N2O4/c1-105(2,3)73-45-39-63(40-46-73)97-85-53-51-82-81(101(85)113-103(97)109(75-49-43-65-55-71(37-35-67(65)57-75)95-59-69-23-11-21-33-93(69)111-95)91-61-89-99(79-27-15-13-25-77(79)91)83-29-17-19-31-87(83)107(89,7)8)52-54-86-98(64-41-47-74(48-42-64)106(4,5)6)104(114-102(82)86)110(76-50-44-66-56-72(38-36-68(66)58-76)96-60-70-24-12-22-34-94(70)112-96)92-62-90-100(80-28-16-14-26-78(80)92)84-30-18-20-32-88(84)108(90,9)10/h11-62H,1-10H3. The van der Waals surface area contributed by atoms with E-state index in [1.165, 1.54) is 66.4 Å². The highest BCUT2D eigenvalue weighted by atomic mass is 16.4. The molecule has 6 nitrogen and oxygen atoms in total. The Hall–Kier alpha value is -13.4. The van der Waals surface area contributed by atoms with Crippen molar-refractivity contribution in [2.45, 2.75) is 90.9 Å². The van der Waals surface area contributed by atoms with Gasteiger partial charge in [-0.2, -0.15) is 0 Å². The first-order valence-electron chi connectivity index (χ1n) is 39.9. The average Bonchev–Trinajstić information content (AvgIpc) is 1.56. The summed E-state index contributed by atoms with van der Waals surface area (Å²) in [5.74, 6) is 3.09. The lowest BCUT2D eigenvalue weighted by Gasteiger charge is -2.29. The van der Waals surface area contributed by atoms with Gasteiger partial charge in [0.2, 0.25) is 11.8 Å². The van der Waals surface area contributed by atoms with Crippen LogP contribution in [0.2, 0.25) is 0 Å². The first-order chi connectivity index (χ1) is 55.3. The quantitative estimate of drug-likeness (QED) is 0.136. The molecule has 4 heterocycles. The number of nitrogens with zero attached hydrogens (tertiary/aromatic N) is 2. The summed E-state index contributed by atoms with van der Waals surface area (Å²) in [6.07, 6.45) is 0. The maximum absolute atomic E-state index is 8.12. The van der Waals surface area contributed by atoms with E-state index in [9.17, 15) is 0 Å². The number of anilines is 6. The van der Waals surface area contributed by atoms with Crippen molar-refractivity contribution in [3.63, 3.8) is 0 Å². The Morgan fingerprint density at radius 2 is 0.605 bits per heavy atom. The van der Waals surface area contributed by atoms with Crippen molar-refractivity contribution in [2.24, 2.45) is 0 Å². The summed E-state index contributed by atoms with van der Waals surface area (Å²) in [5.41, 5.74) is 25.2. The Bertz CT molecular complexity index is 6930. The fraction of sp³-hybridized carbons (Fsp3) is 0.130. The SMILES string of the molecule is CC(C)(C)c1ccc(-c2c(N(c3ccc4cc(-c5cc6ccccc6o5)ccc4c3)c3cc4c(c5ccccc35)-c3ccccc3C4(C)C)oc3c2ccc2c3ccc3c(-c4ccc(C(C)(C)C)cc4)c(N(c4ccc5cc(-c6cc7ccccc7o6)ccc5c4)c4cc5c(c6ccccc46)-c4ccccc4C5(C)C)oc32)cc1. The van der Waals surface area contributed by atoms with Crippen LogP contribution in [-0.4, -0.2) is 0 Å². The van der Waals surface area contributed by atoms with Crippen LogP contribution in [0.3, 0.4) is 0 Å². The molecule has 16 aromatic carbocycles. The molecule has 6 heteroatoms. The van der Waals surface area contributed by atoms with E-state index in [4.69, 9.17) is 17.7 Å². The fourth-order valence-electron chi connectivity index (χ4n) is 19.1. The van der Waals surface area contributed by atoms with Crippen LogP contribution in [-0.2, 0) is 21.7 Å². The molecule has 2 aliphatic carbocycles. The lowest BCUT2D eigenvalue weighted by molar-refractivity contribution is 0.590. The normalized spacial score (nSPS) is 13.7. The van der Waals surface area contributed by atoms with Gasteiger partial charge in [-0.3, -0.25) is 9.80 Å². The van der Waals surface area contributed by atoms with Crippen LogP contribution in [0.5, 0.6) is 0 Å². The van der Waals surface area contributed by atoms with E-state index < -0.39 is 0 Å². The van der Waals surface area contributed by atoms with E-state index in [2.05, 4.69) is 370 Å². The van der Waals surface area contributed by atoms with Crippen molar-refractivity contribution in [2.75, 3.05) is 9.80 Å². The first-order valence-corrected chi connectivity index (χ1v) is 39.9. The molecule has 0 aliphatic heterocycles. The molecular weight excluding hydrogens is 1390 g/mol. The van der Waals surface area contributed by atoms with Crippen LogP contribution in [0.25, 0.3) is 165 Å². The highest BCUT2D eigenvalue weighted by molar-refractivity contribution is 6.23. The van der Waals surface area contributed by atoms with Crippen LogP contribution in [0.15, 0.2) is 333 Å². The zero-order chi connectivity index (χ0) is 77.0. The maximum atomic E-state index is 8.12. The molecule has 20 aromatic rings. The smallest absolute Gasteiger partial charge is 0.213 e. The van der Waals surface area contributed by atoms with Gasteiger partial charge >= 0.3 is 0 Å². The Morgan fingerprint density at radius 1 is 0.254 bits per heavy atom. The second-order valence-electron chi connectivity index (χ2n) is 34.7. The minimum Gasteiger partial charge on any atom is -0.456 e. The van der Waals surface area contributed by atoms with E-state index in [1.54, 1.807) is 0 Å². The van der Waals surface area contributed by atoms with E-state index in [0.29, 0.717) is 11.8 Å². The summed E-state index contributed by atoms with van der Waals surface area (Å²) in [4.78, 5) is 4.86. The number of furan rings is 4. The zero-order valence-corrected chi connectivity index (χ0v) is 65.5. The number of hydrogen-bond donors (Lipinski definition) is 0. The third-order valence-electron chi connectivity index (χ3n) is 25.1. The van der Waals surface area contributed by atoms with Gasteiger partial charge in [-0.15, -0.1) is 0 Å². The Kier molecular flexibility index (Phi) is 14.5. The molecule has 4 aromatic heterocycles. The minimum atomic E-state index is -0.329. The van der Waals surface area contributed by atoms with Crippen LogP contribution in [0.1, 0.15) is 103 Å². The Labute approximate surface area is 662 Å². The monoisotopic (exact) mass is 1470 g/mol. The topological polar surface area (TPSA) is 59.0 Å². The molecule has 0 saturated heterocycles. The summed E-state index contributed by atoms with van der Waals surface area (Å²) >= 11 is 0.